The highest BCUT2D eigenvalue weighted by Crippen LogP contribution is 2.36. The number of methoxy groups -OCH3 is 2. The Morgan fingerprint density at radius 2 is 1.70 bits per heavy atom. The Morgan fingerprint density at radius 3 is 2.30 bits per heavy atom. The van der Waals surface area contributed by atoms with E-state index in [1.807, 2.05) is 6.07 Å². The topological polar surface area (TPSA) is 106 Å². The number of ether oxygens (including phenoxy) is 3. The monoisotopic (exact) mass is 498 g/mol. The first-order valence-electron chi connectivity index (χ1n) is 10.3. The van der Waals surface area contributed by atoms with Crippen molar-refractivity contribution >= 4 is 16.0 Å². The molecule has 0 aromatic heterocycles. The molecule has 0 radical (unpaired) electrons. The number of nitrogens with zero attached hydrogens (tertiary/aromatic N) is 2. The Kier molecular flexibility index (Phi) is 9.91. The Labute approximate surface area is 191 Å². The maximum absolute atomic E-state index is 13.3. The van der Waals surface area contributed by atoms with Crippen molar-refractivity contribution in [2.75, 3.05) is 53.6 Å². The fourth-order valence-corrected chi connectivity index (χ4v) is 5.51. The largest absolute Gasteiger partial charge is 0.490 e. The molecular weight excluding hydrogens is 469 g/mol. The lowest BCUT2D eigenvalue weighted by molar-refractivity contribution is -0.192. The number of alkyl halides is 3. The minimum Gasteiger partial charge on any atom is -0.487 e. The number of fused-ring (bicyclic) bond motifs is 2. The molecule has 0 spiro atoms. The van der Waals surface area contributed by atoms with Crippen LogP contribution in [0.5, 0.6) is 5.75 Å². The van der Waals surface area contributed by atoms with E-state index in [0.717, 1.165) is 32.5 Å². The number of likely N-dealkylation sites (tertiary alicyclic amines) is 1. The van der Waals surface area contributed by atoms with Crippen LogP contribution < -0.4 is 4.74 Å². The number of benzene rings is 1. The quantitative estimate of drug-likeness (QED) is 0.634. The molecule has 9 nitrogen and oxygen atoms in total. The van der Waals surface area contributed by atoms with Crippen molar-refractivity contribution in [3.8, 4) is 5.75 Å². The van der Waals surface area contributed by atoms with E-state index < -0.39 is 22.2 Å². The second-order valence-corrected chi connectivity index (χ2v) is 9.35. The van der Waals surface area contributed by atoms with Gasteiger partial charge in [-0.05, 0) is 31.5 Å². The first-order chi connectivity index (χ1) is 15.5. The smallest absolute Gasteiger partial charge is 0.487 e. The number of sulfonamides is 1. The van der Waals surface area contributed by atoms with Crippen molar-refractivity contribution < 1.29 is 45.7 Å². The third-order valence-corrected chi connectivity index (χ3v) is 7.32. The lowest BCUT2D eigenvalue weighted by atomic mass is 10.1. The molecule has 188 valence electrons. The van der Waals surface area contributed by atoms with Crippen LogP contribution in [0.25, 0.3) is 0 Å². The van der Waals surface area contributed by atoms with Crippen molar-refractivity contribution in [2.45, 2.75) is 36.1 Å². The van der Waals surface area contributed by atoms with Crippen LogP contribution in [-0.4, -0.2) is 101 Å². The lowest BCUT2D eigenvalue weighted by Gasteiger charge is -2.31. The molecule has 2 aliphatic rings. The Balaban J connectivity index is 0.000000479. The molecule has 13 heteroatoms. The summed E-state index contributed by atoms with van der Waals surface area (Å²) in [4.78, 5) is 11.5. The van der Waals surface area contributed by atoms with E-state index in [4.69, 9.17) is 24.1 Å². The summed E-state index contributed by atoms with van der Waals surface area (Å²) < 4.78 is 76.5. The predicted octanol–water partition coefficient (Wildman–Crippen LogP) is 1.83. The molecule has 0 aliphatic carbocycles. The normalized spacial score (nSPS) is 23.1. The Hall–Kier alpha value is -1.93. The fourth-order valence-electron chi connectivity index (χ4n) is 3.72. The molecule has 1 fully saturated rings. The molecule has 33 heavy (non-hydrogen) atoms. The van der Waals surface area contributed by atoms with Crippen molar-refractivity contribution in [3.63, 3.8) is 0 Å². The van der Waals surface area contributed by atoms with E-state index in [1.165, 1.54) is 0 Å². The zero-order valence-electron chi connectivity index (χ0n) is 18.5. The number of hydrogen-bond donors (Lipinski definition) is 1. The molecule has 1 N–H and O–H groups in total. The summed E-state index contributed by atoms with van der Waals surface area (Å²) in [6, 6.07) is 6.73. The van der Waals surface area contributed by atoms with Gasteiger partial charge < -0.3 is 24.2 Å². The number of para-hydroxylation sites is 1. The summed E-state index contributed by atoms with van der Waals surface area (Å²) in [5.41, 5.74) is 0. The number of hydrogen-bond acceptors (Lipinski definition) is 7. The van der Waals surface area contributed by atoms with E-state index in [-0.39, 0.29) is 17.0 Å². The molecule has 2 atom stereocenters. The molecule has 3 rings (SSSR count). The summed E-state index contributed by atoms with van der Waals surface area (Å²) in [5, 5.41) is 7.12. The van der Waals surface area contributed by atoms with E-state index in [0.29, 0.717) is 25.5 Å². The van der Waals surface area contributed by atoms with Gasteiger partial charge in [-0.25, -0.2) is 13.2 Å². The third kappa shape index (κ3) is 7.27. The van der Waals surface area contributed by atoms with Gasteiger partial charge in [0, 0.05) is 33.9 Å². The highest BCUT2D eigenvalue weighted by Gasteiger charge is 2.43. The maximum atomic E-state index is 13.3. The van der Waals surface area contributed by atoms with Gasteiger partial charge >= 0.3 is 12.1 Å². The van der Waals surface area contributed by atoms with Gasteiger partial charge in [-0.1, -0.05) is 12.1 Å². The van der Waals surface area contributed by atoms with Gasteiger partial charge in [0.25, 0.3) is 0 Å². The summed E-state index contributed by atoms with van der Waals surface area (Å²) in [5.74, 6) is -2.31. The molecule has 2 aliphatic heterocycles. The second-order valence-electron chi connectivity index (χ2n) is 7.49. The van der Waals surface area contributed by atoms with Crippen LogP contribution in [0.4, 0.5) is 13.2 Å². The highest BCUT2D eigenvalue weighted by atomic mass is 32.2. The zero-order valence-corrected chi connectivity index (χ0v) is 19.3. The van der Waals surface area contributed by atoms with E-state index in [1.54, 1.807) is 36.7 Å². The van der Waals surface area contributed by atoms with Crippen LogP contribution in [0.1, 0.15) is 12.8 Å². The van der Waals surface area contributed by atoms with Crippen molar-refractivity contribution in [1.82, 2.24) is 9.21 Å². The van der Waals surface area contributed by atoms with Crippen LogP contribution in [0.3, 0.4) is 0 Å². The first kappa shape index (κ1) is 27.3. The minimum atomic E-state index is -5.08. The minimum absolute atomic E-state index is 0.169. The summed E-state index contributed by atoms with van der Waals surface area (Å²) in [6.45, 7) is 3.89. The van der Waals surface area contributed by atoms with E-state index in [9.17, 15) is 21.6 Å². The number of carbonyl (C=O) groups is 1. The second kappa shape index (κ2) is 12.0. The third-order valence-electron chi connectivity index (χ3n) is 5.35. The average molecular weight is 499 g/mol. The SMILES string of the molecule is COCCN1CC[C@@H]2Oc3ccccc3S(=O)(=O)N(CCOC)[C@H]2CC1.O=C(O)C(F)(F)F. The molecular formula is C20H29F3N2O7S. The van der Waals surface area contributed by atoms with Crippen LogP contribution >= 0.6 is 0 Å². The van der Waals surface area contributed by atoms with E-state index >= 15 is 0 Å². The van der Waals surface area contributed by atoms with Gasteiger partial charge in [0.2, 0.25) is 10.0 Å². The van der Waals surface area contributed by atoms with Crippen LogP contribution in [0.2, 0.25) is 0 Å². The first-order valence-corrected chi connectivity index (χ1v) is 11.7. The van der Waals surface area contributed by atoms with Gasteiger partial charge in [-0.3, -0.25) is 0 Å². The van der Waals surface area contributed by atoms with E-state index in [2.05, 4.69) is 4.90 Å². The number of rotatable bonds is 6. The van der Waals surface area contributed by atoms with Gasteiger partial charge in [-0.2, -0.15) is 17.5 Å². The Bertz CT molecular complexity index is 883. The molecule has 1 aromatic carbocycles. The molecule has 0 saturated carbocycles. The molecule has 0 amide bonds. The summed E-state index contributed by atoms with van der Waals surface area (Å²) in [6.07, 6.45) is -3.75. The van der Waals surface area contributed by atoms with Gasteiger partial charge in [0.1, 0.15) is 16.7 Å². The maximum Gasteiger partial charge on any atom is 0.490 e. The standard InChI is InChI=1S/C18H28N2O5S.C2HF3O2/c1-23-13-11-19-9-7-15-16(8-10-19)25-17-5-3-4-6-18(17)26(21,22)20(15)12-14-24-2;3-2(4,5)1(6)7/h3-6,15-16H,7-14H2,1-2H3;(H,6,7)/t15-,16-;/m0./s1. The van der Waals surface area contributed by atoms with Gasteiger partial charge in [0.15, 0.2) is 0 Å². The number of carboxylic acid groups (broad SMARTS) is 1. The van der Waals surface area contributed by atoms with Gasteiger partial charge in [0.05, 0.1) is 19.3 Å². The molecule has 1 aromatic rings. The molecule has 0 bridgehead atoms. The Morgan fingerprint density at radius 1 is 1.12 bits per heavy atom. The van der Waals surface area contributed by atoms with Crippen LogP contribution in [0.15, 0.2) is 29.2 Å². The zero-order chi connectivity index (χ0) is 24.6. The number of carboxylic acids is 1. The highest BCUT2D eigenvalue weighted by molar-refractivity contribution is 7.89. The predicted molar refractivity (Wildman–Crippen MR) is 112 cm³/mol. The molecule has 1 saturated heterocycles. The van der Waals surface area contributed by atoms with Crippen molar-refractivity contribution in [1.29, 1.82) is 0 Å². The van der Waals surface area contributed by atoms with Crippen molar-refractivity contribution in [3.05, 3.63) is 24.3 Å². The molecule has 2 heterocycles. The summed E-state index contributed by atoms with van der Waals surface area (Å²) in [7, 11) is -0.343. The van der Waals surface area contributed by atoms with Crippen LogP contribution in [0, 0.1) is 0 Å². The lowest BCUT2D eigenvalue weighted by Crippen LogP contribution is -2.48. The van der Waals surface area contributed by atoms with Crippen LogP contribution in [-0.2, 0) is 24.3 Å². The number of halogens is 3. The molecule has 0 unspecified atom stereocenters. The van der Waals surface area contributed by atoms with Gasteiger partial charge in [-0.15, -0.1) is 0 Å². The number of aliphatic carboxylic acids is 1. The summed E-state index contributed by atoms with van der Waals surface area (Å²) >= 11 is 0. The average Bonchev–Trinajstić information content (AvgIpc) is 2.99. The van der Waals surface area contributed by atoms with Crippen molar-refractivity contribution in [2.24, 2.45) is 0 Å². The fraction of sp³-hybridized carbons (Fsp3) is 0.650.